The zero-order chi connectivity index (χ0) is 12.8. The van der Waals surface area contributed by atoms with Gasteiger partial charge in [0.15, 0.2) is 0 Å². The van der Waals surface area contributed by atoms with Gasteiger partial charge in [0.25, 0.3) is 0 Å². The lowest BCUT2D eigenvalue weighted by Crippen LogP contribution is -1.96. The van der Waals surface area contributed by atoms with Crippen LogP contribution in [0.2, 0.25) is 0 Å². The Balaban J connectivity index is 1.85. The number of nitrogen functional groups attached to an aromatic ring is 1. The van der Waals surface area contributed by atoms with E-state index in [4.69, 9.17) is 5.73 Å². The molecule has 0 amide bonds. The second-order valence-electron chi connectivity index (χ2n) is 5.09. The maximum atomic E-state index is 5.97. The fraction of sp³-hybridized carbons (Fsp3) is 0.267. The van der Waals surface area contributed by atoms with E-state index in [0.29, 0.717) is 0 Å². The van der Waals surface area contributed by atoms with E-state index < -0.39 is 0 Å². The molecule has 4 heteroatoms. The van der Waals surface area contributed by atoms with E-state index in [1.807, 2.05) is 29.5 Å². The molecule has 1 aromatic carbocycles. The first-order chi connectivity index (χ1) is 9.31. The Morgan fingerprint density at radius 2 is 2.11 bits per heavy atom. The van der Waals surface area contributed by atoms with Crippen molar-refractivity contribution >= 4 is 28.1 Å². The summed E-state index contributed by atoms with van der Waals surface area (Å²) < 4.78 is 0. The van der Waals surface area contributed by atoms with Crippen LogP contribution in [0.1, 0.15) is 23.3 Å². The number of aromatic nitrogens is 2. The summed E-state index contributed by atoms with van der Waals surface area (Å²) in [4.78, 5) is 10.8. The minimum atomic E-state index is 0.737. The van der Waals surface area contributed by atoms with Gasteiger partial charge in [0, 0.05) is 4.88 Å². The molecule has 19 heavy (non-hydrogen) atoms. The van der Waals surface area contributed by atoms with Crippen LogP contribution >= 0.6 is 11.3 Å². The largest absolute Gasteiger partial charge is 0.397 e. The maximum Gasteiger partial charge on any atom is 0.148 e. The van der Waals surface area contributed by atoms with Crippen LogP contribution in [0.25, 0.3) is 21.7 Å². The number of rotatable bonds is 1. The van der Waals surface area contributed by atoms with E-state index in [1.165, 1.54) is 41.0 Å². The number of thiophene rings is 1. The van der Waals surface area contributed by atoms with Crippen molar-refractivity contribution < 1.29 is 0 Å². The van der Waals surface area contributed by atoms with Gasteiger partial charge in [-0.3, -0.25) is 0 Å². The van der Waals surface area contributed by atoms with Crippen molar-refractivity contribution in [1.82, 2.24) is 9.97 Å². The second-order valence-corrected chi connectivity index (χ2v) is 6.23. The number of hydrogen-bond acceptors (Lipinski definition) is 3. The predicted molar refractivity (Wildman–Crippen MR) is 80.5 cm³/mol. The Kier molecular flexibility index (Phi) is 2.38. The lowest BCUT2D eigenvalue weighted by molar-refractivity contribution is 0.697. The number of benzene rings is 1. The van der Waals surface area contributed by atoms with Crippen molar-refractivity contribution in [3.05, 3.63) is 34.7 Å². The van der Waals surface area contributed by atoms with Crippen molar-refractivity contribution in [3.8, 4) is 10.7 Å². The van der Waals surface area contributed by atoms with E-state index in [9.17, 15) is 0 Å². The molecule has 0 bridgehead atoms. The number of aromatic amines is 1. The Hall–Kier alpha value is -1.81. The number of fused-ring (bicyclic) bond motifs is 2. The second kappa shape index (κ2) is 4.10. The number of H-pyrrole nitrogens is 1. The predicted octanol–water partition coefficient (Wildman–Crippen LogP) is 3.75. The highest BCUT2D eigenvalue weighted by molar-refractivity contribution is 7.15. The zero-order valence-corrected chi connectivity index (χ0v) is 11.4. The summed E-state index contributed by atoms with van der Waals surface area (Å²) in [5.41, 5.74) is 10.1. The normalized spacial score (nSPS) is 14.7. The Labute approximate surface area is 115 Å². The highest BCUT2D eigenvalue weighted by atomic mass is 32.1. The van der Waals surface area contributed by atoms with Crippen LogP contribution in [0.3, 0.4) is 0 Å². The molecule has 3 aromatic rings. The smallest absolute Gasteiger partial charge is 0.148 e. The van der Waals surface area contributed by atoms with Crippen LogP contribution < -0.4 is 5.73 Å². The number of nitrogens with one attached hydrogen (secondary N) is 1. The van der Waals surface area contributed by atoms with Crippen molar-refractivity contribution in [1.29, 1.82) is 0 Å². The fourth-order valence-electron chi connectivity index (χ4n) is 2.78. The van der Waals surface area contributed by atoms with Crippen molar-refractivity contribution in [3.63, 3.8) is 0 Å². The van der Waals surface area contributed by atoms with E-state index in [1.54, 1.807) is 0 Å². The van der Waals surface area contributed by atoms with Gasteiger partial charge in [-0.2, -0.15) is 0 Å². The fourth-order valence-corrected chi connectivity index (χ4v) is 3.98. The van der Waals surface area contributed by atoms with E-state index in [0.717, 1.165) is 22.5 Å². The Morgan fingerprint density at radius 1 is 1.21 bits per heavy atom. The number of hydrogen-bond donors (Lipinski definition) is 2. The van der Waals surface area contributed by atoms with Gasteiger partial charge in [-0.15, -0.1) is 11.3 Å². The lowest BCUT2D eigenvalue weighted by atomic mass is 9.99. The monoisotopic (exact) mass is 269 g/mol. The first-order valence-electron chi connectivity index (χ1n) is 6.67. The third-order valence-corrected chi connectivity index (χ3v) is 5.02. The van der Waals surface area contributed by atoms with Gasteiger partial charge in [-0.1, -0.05) is 6.07 Å². The molecule has 0 fully saturated rings. The standard InChI is InChI=1S/C15H15N3S/c16-10-5-3-6-11-14(10)18-15(17-11)13-8-9-4-1-2-7-12(9)19-13/h3,5-6,8H,1-2,4,7,16H2,(H,17,18). The molecule has 4 rings (SSSR count). The Morgan fingerprint density at radius 3 is 2.95 bits per heavy atom. The summed E-state index contributed by atoms with van der Waals surface area (Å²) in [5, 5.41) is 0. The highest BCUT2D eigenvalue weighted by Gasteiger charge is 2.16. The number of imidazole rings is 1. The van der Waals surface area contributed by atoms with Crippen LogP contribution in [-0.2, 0) is 12.8 Å². The summed E-state index contributed by atoms with van der Waals surface area (Å²) in [7, 11) is 0. The topological polar surface area (TPSA) is 54.7 Å². The van der Waals surface area contributed by atoms with Crippen LogP contribution in [0.5, 0.6) is 0 Å². The van der Waals surface area contributed by atoms with Gasteiger partial charge < -0.3 is 10.7 Å². The third-order valence-electron chi connectivity index (χ3n) is 3.77. The average molecular weight is 269 g/mol. The molecule has 1 aliphatic carbocycles. The number of anilines is 1. The summed E-state index contributed by atoms with van der Waals surface area (Å²) >= 11 is 1.87. The summed E-state index contributed by atoms with van der Waals surface area (Å²) in [5.74, 6) is 0.951. The third kappa shape index (κ3) is 1.75. The van der Waals surface area contributed by atoms with Crippen LogP contribution in [0.4, 0.5) is 5.69 Å². The molecule has 0 spiro atoms. The van der Waals surface area contributed by atoms with Crippen molar-refractivity contribution in [2.75, 3.05) is 5.73 Å². The van der Waals surface area contributed by atoms with Gasteiger partial charge >= 0.3 is 0 Å². The zero-order valence-electron chi connectivity index (χ0n) is 10.6. The van der Waals surface area contributed by atoms with Crippen molar-refractivity contribution in [2.45, 2.75) is 25.7 Å². The molecule has 2 heterocycles. The maximum absolute atomic E-state index is 5.97. The van der Waals surface area contributed by atoms with Gasteiger partial charge in [0.1, 0.15) is 11.3 Å². The molecular weight excluding hydrogens is 254 g/mol. The molecular formula is C15H15N3S. The van der Waals surface area contributed by atoms with Crippen molar-refractivity contribution in [2.24, 2.45) is 0 Å². The molecule has 0 saturated heterocycles. The van der Waals surface area contributed by atoms with Crippen LogP contribution in [-0.4, -0.2) is 9.97 Å². The molecule has 3 N–H and O–H groups in total. The van der Waals surface area contributed by atoms with Gasteiger partial charge in [0.05, 0.1) is 16.1 Å². The van der Waals surface area contributed by atoms with Gasteiger partial charge in [-0.25, -0.2) is 4.98 Å². The summed E-state index contributed by atoms with van der Waals surface area (Å²) in [6, 6.07) is 8.17. The van der Waals surface area contributed by atoms with Crippen LogP contribution in [0, 0.1) is 0 Å². The number of nitrogens with zero attached hydrogens (tertiary/aromatic N) is 1. The van der Waals surface area contributed by atoms with E-state index in [2.05, 4.69) is 16.0 Å². The summed E-state index contributed by atoms with van der Waals surface area (Å²) in [6.07, 6.45) is 5.08. The molecule has 0 saturated carbocycles. The molecule has 3 nitrogen and oxygen atoms in total. The molecule has 2 aromatic heterocycles. The first kappa shape index (κ1) is 11.1. The minimum Gasteiger partial charge on any atom is -0.397 e. The lowest BCUT2D eigenvalue weighted by Gasteiger charge is -2.08. The minimum absolute atomic E-state index is 0.737. The Bertz CT molecular complexity index is 730. The number of para-hydroxylation sites is 1. The van der Waals surface area contributed by atoms with Gasteiger partial charge in [-0.05, 0) is 49.4 Å². The molecule has 96 valence electrons. The molecule has 0 radical (unpaired) electrons. The molecule has 1 aliphatic rings. The SMILES string of the molecule is Nc1cccc2[nH]c(-c3cc4c(s3)CCCC4)nc12. The number of nitrogens with two attached hydrogens (primary N) is 1. The van der Waals surface area contributed by atoms with E-state index >= 15 is 0 Å². The van der Waals surface area contributed by atoms with E-state index in [-0.39, 0.29) is 0 Å². The average Bonchev–Trinajstić information content (AvgIpc) is 3.02. The quantitative estimate of drug-likeness (QED) is 0.661. The van der Waals surface area contributed by atoms with Crippen LogP contribution in [0.15, 0.2) is 24.3 Å². The molecule has 0 aliphatic heterocycles. The summed E-state index contributed by atoms with van der Waals surface area (Å²) in [6.45, 7) is 0. The van der Waals surface area contributed by atoms with Gasteiger partial charge in [0.2, 0.25) is 0 Å². The first-order valence-corrected chi connectivity index (χ1v) is 7.49. The number of aryl methyl sites for hydroxylation is 2. The molecule has 0 unspecified atom stereocenters. The molecule has 0 atom stereocenters. The highest BCUT2D eigenvalue weighted by Crippen LogP contribution is 2.35.